The lowest BCUT2D eigenvalue weighted by molar-refractivity contribution is -0.165. The predicted octanol–water partition coefficient (Wildman–Crippen LogP) is 6.37. The van der Waals surface area contributed by atoms with E-state index in [9.17, 15) is 4.79 Å². The second-order valence-electron chi connectivity index (χ2n) is 11.4. The molecule has 176 valence electrons. The second kappa shape index (κ2) is 9.25. The molecule has 3 fully saturated rings. The highest BCUT2D eigenvalue weighted by atomic mass is 16.5. The van der Waals surface area contributed by atoms with Crippen molar-refractivity contribution in [1.29, 1.82) is 0 Å². The summed E-state index contributed by atoms with van der Waals surface area (Å²) < 4.78 is 6.51. The van der Waals surface area contributed by atoms with E-state index in [1.165, 1.54) is 24.0 Å². The smallest absolute Gasteiger partial charge is 0.323 e. The Morgan fingerprint density at radius 2 is 1.64 bits per heavy atom. The summed E-state index contributed by atoms with van der Waals surface area (Å²) in [6.07, 6.45) is 6.82. The molecule has 3 heteroatoms. The molecule has 2 aliphatic carbocycles. The molecule has 0 radical (unpaired) electrons. The van der Waals surface area contributed by atoms with E-state index < -0.39 is 0 Å². The number of benzene rings is 2. The molecule has 1 heterocycles. The number of rotatable bonds is 6. The van der Waals surface area contributed by atoms with Crippen LogP contribution in [0.3, 0.4) is 0 Å². The molecular weight excluding hydrogens is 406 g/mol. The first kappa shape index (κ1) is 22.7. The van der Waals surface area contributed by atoms with E-state index in [0.29, 0.717) is 23.8 Å². The first-order valence-electron chi connectivity index (χ1n) is 13.0. The van der Waals surface area contributed by atoms with Crippen molar-refractivity contribution in [2.45, 2.75) is 89.4 Å². The third-order valence-electron chi connectivity index (χ3n) is 8.93. The Morgan fingerprint density at radius 3 is 2.36 bits per heavy atom. The third kappa shape index (κ3) is 4.49. The first-order valence-corrected chi connectivity index (χ1v) is 13.0. The summed E-state index contributed by atoms with van der Waals surface area (Å²) >= 11 is 0. The molecule has 0 unspecified atom stereocenters. The molecule has 0 spiro atoms. The van der Waals surface area contributed by atoms with Crippen LogP contribution >= 0.6 is 0 Å². The van der Waals surface area contributed by atoms with Gasteiger partial charge in [-0.05, 0) is 60.5 Å². The van der Waals surface area contributed by atoms with Gasteiger partial charge in [-0.25, -0.2) is 0 Å². The summed E-state index contributed by atoms with van der Waals surface area (Å²) in [6, 6.07) is 21.8. The zero-order chi connectivity index (χ0) is 23.0. The van der Waals surface area contributed by atoms with Crippen LogP contribution in [0.4, 0.5) is 0 Å². The Kier molecular flexibility index (Phi) is 6.35. The first-order chi connectivity index (χ1) is 15.9. The Labute approximate surface area is 199 Å². The van der Waals surface area contributed by atoms with Crippen LogP contribution in [0, 0.1) is 17.8 Å². The molecule has 3 nitrogen and oxygen atoms in total. The Bertz CT molecular complexity index is 940. The van der Waals surface area contributed by atoms with Gasteiger partial charge in [-0.2, -0.15) is 0 Å². The van der Waals surface area contributed by atoms with E-state index >= 15 is 0 Å². The van der Waals surface area contributed by atoms with Crippen LogP contribution in [0.25, 0.3) is 0 Å². The number of carbonyl (C=O) groups is 1. The highest BCUT2D eigenvalue weighted by Gasteiger charge is 2.51. The Morgan fingerprint density at radius 1 is 0.939 bits per heavy atom. The quantitative estimate of drug-likeness (QED) is 0.484. The molecule has 0 aromatic heterocycles. The van der Waals surface area contributed by atoms with Gasteiger partial charge in [-0.15, -0.1) is 0 Å². The summed E-state index contributed by atoms with van der Waals surface area (Å²) in [6.45, 7) is 7.83. The van der Waals surface area contributed by atoms with Crippen LogP contribution in [-0.4, -0.2) is 29.1 Å². The molecule has 3 aliphatic rings. The minimum atomic E-state index is -0.0818. The van der Waals surface area contributed by atoms with Crippen LogP contribution in [-0.2, 0) is 21.5 Å². The van der Waals surface area contributed by atoms with E-state index in [4.69, 9.17) is 4.74 Å². The van der Waals surface area contributed by atoms with E-state index in [0.717, 1.165) is 32.2 Å². The maximum atomic E-state index is 13.8. The molecule has 2 saturated carbocycles. The standard InChI is InChI=1S/C30H39NO2/c1-21-14-17-26(30(2,3)24-12-8-5-9-13-24)27(18-21)33-29(32)28-23-15-16-25(19-23)31(28)20-22-10-6-4-7-11-22/h4-13,21,23,25-28H,14-20H2,1-3H3/t21-,23+,25-,26-,27-,28+/m1/s1. The lowest BCUT2D eigenvalue weighted by Crippen LogP contribution is -2.49. The topological polar surface area (TPSA) is 29.5 Å². The van der Waals surface area contributed by atoms with Crippen molar-refractivity contribution in [3.63, 3.8) is 0 Å². The van der Waals surface area contributed by atoms with E-state index in [2.05, 4.69) is 86.3 Å². The van der Waals surface area contributed by atoms with Crippen LogP contribution in [0.1, 0.15) is 70.4 Å². The zero-order valence-corrected chi connectivity index (χ0v) is 20.5. The Hall–Kier alpha value is -2.13. The average Bonchev–Trinajstić information content (AvgIpc) is 3.42. The van der Waals surface area contributed by atoms with Gasteiger partial charge >= 0.3 is 5.97 Å². The SMILES string of the molecule is C[C@@H]1CC[C@@H](C(C)(C)c2ccccc2)[C@H](OC(=O)[C@@H]2[C@H]3CC[C@H](C3)N2Cc2ccccc2)C1. The number of likely N-dealkylation sites (tertiary alicyclic amines) is 1. The molecule has 33 heavy (non-hydrogen) atoms. The molecule has 2 aromatic rings. The fourth-order valence-electron chi connectivity index (χ4n) is 7.01. The van der Waals surface area contributed by atoms with Gasteiger partial charge in [0, 0.05) is 18.5 Å². The minimum Gasteiger partial charge on any atom is -0.461 e. The highest BCUT2D eigenvalue weighted by Crippen LogP contribution is 2.46. The van der Waals surface area contributed by atoms with Crippen molar-refractivity contribution in [3.8, 4) is 0 Å². The van der Waals surface area contributed by atoms with Crippen LogP contribution < -0.4 is 0 Å². The largest absolute Gasteiger partial charge is 0.461 e. The maximum absolute atomic E-state index is 13.8. The van der Waals surface area contributed by atoms with Gasteiger partial charge in [0.05, 0.1) is 0 Å². The summed E-state index contributed by atoms with van der Waals surface area (Å²) in [5.41, 5.74) is 2.61. The number of piperidine rings is 1. The van der Waals surface area contributed by atoms with Gasteiger partial charge in [-0.3, -0.25) is 9.69 Å². The van der Waals surface area contributed by atoms with E-state index in [1.54, 1.807) is 0 Å². The summed E-state index contributed by atoms with van der Waals surface area (Å²) in [4.78, 5) is 16.2. The van der Waals surface area contributed by atoms with Crippen LogP contribution in [0.2, 0.25) is 0 Å². The molecule has 0 N–H and O–H groups in total. The number of ether oxygens (including phenoxy) is 1. The molecule has 2 aromatic carbocycles. The normalized spacial score (nSPS) is 32.1. The molecule has 2 bridgehead atoms. The average molecular weight is 446 g/mol. The monoisotopic (exact) mass is 445 g/mol. The molecule has 1 saturated heterocycles. The summed E-state index contributed by atoms with van der Waals surface area (Å²) in [5.74, 6) is 1.44. The lowest BCUT2D eigenvalue weighted by atomic mass is 9.64. The third-order valence-corrected chi connectivity index (χ3v) is 8.93. The second-order valence-corrected chi connectivity index (χ2v) is 11.4. The molecular formula is C30H39NO2. The lowest BCUT2D eigenvalue weighted by Gasteiger charge is -2.45. The van der Waals surface area contributed by atoms with Crippen molar-refractivity contribution in [2.24, 2.45) is 17.8 Å². The summed E-state index contributed by atoms with van der Waals surface area (Å²) in [5, 5.41) is 0. The van der Waals surface area contributed by atoms with Gasteiger partial charge in [0.25, 0.3) is 0 Å². The fourth-order valence-corrected chi connectivity index (χ4v) is 7.01. The Balaban J connectivity index is 1.35. The molecule has 5 rings (SSSR count). The number of hydrogen-bond donors (Lipinski definition) is 0. The molecule has 6 atom stereocenters. The number of esters is 1. The number of nitrogens with zero attached hydrogens (tertiary/aromatic N) is 1. The molecule has 0 amide bonds. The molecule has 1 aliphatic heterocycles. The van der Waals surface area contributed by atoms with Crippen molar-refractivity contribution >= 4 is 5.97 Å². The van der Waals surface area contributed by atoms with Gasteiger partial charge in [0.15, 0.2) is 0 Å². The van der Waals surface area contributed by atoms with Crippen LogP contribution in [0.5, 0.6) is 0 Å². The minimum absolute atomic E-state index is 0.00541. The number of fused-ring (bicyclic) bond motifs is 2. The van der Waals surface area contributed by atoms with Crippen molar-refractivity contribution in [2.75, 3.05) is 0 Å². The van der Waals surface area contributed by atoms with Crippen LogP contribution in [0.15, 0.2) is 60.7 Å². The summed E-state index contributed by atoms with van der Waals surface area (Å²) in [7, 11) is 0. The van der Waals surface area contributed by atoms with Crippen molar-refractivity contribution < 1.29 is 9.53 Å². The van der Waals surface area contributed by atoms with Crippen molar-refractivity contribution in [3.05, 3.63) is 71.8 Å². The van der Waals surface area contributed by atoms with Gasteiger partial charge in [0.2, 0.25) is 0 Å². The predicted molar refractivity (Wildman–Crippen MR) is 133 cm³/mol. The number of carbonyl (C=O) groups excluding carboxylic acids is 1. The van der Waals surface area contributed by atoms with Gasteiger partial charge in [0.1, 0.15) is 12.1 Å². The van der Waals surface area contributed by atoms with E-state index in [1.807, 2.05) is 0 Å². The van der Waals surface area contributed by atoms with Crippen molar-refractivity contribution in [1.82, 2.24) is 4.90 Å². The van der Waals surface area contributed by atoms with Gasteiger partial charge in [-0.1, -0.05) is 87.9 Å². The highest BCUT2D eigenvalue weighted by molar-refractivity contribution is 5.77. The maximum Gasteiger partial charge on any atom is 0.323 e. The number of hydrogen-bond acceptors (Lipinski definition) is 3. The van der Waals surface area contributed by atoms with Gasteiger partial charge < -0.3 is 4.74 Å². The fraction of sp³-hybridized carbons (Fsp3) is 0.567. The zero-order valence-electron chi connectivity index (χ0n) is 20.5. The van der Waals surface area contributed by atoms with E-state index in [-0.39, 0.29) is 23.5 Å².